The summed E-state index contributed by atoms with van der Waals surface area (Å²) in [6.07, 6.45) is 6.01. The molecule has 0 aromatic carbocycles. The van der Waals surface area contributed by atoms with Crippen molar-refractivity contribution in [2.24, 2.45) is 5.73 Å². The summed E-state index contributed by atoms with van der Waals surface area (Å²) < 4.78 is 0. The molecule has 1 rings (SSSR count). The number of hydrogen-bond acceptors (Lipinski definition) is 2. The molecular weight excluding hydrogens is 192 g/mol. The minimum Gasteiger partial charge on any atom is -0.393 e. The predicted octanol–water partition coefficient (Wildman–Crippen LogP) is 2.32. The molecule has 0 aromatic rings. The molecule has 14 heavy (non-hydrogen) atoms. The molecule has 3 heteroatoms. The summed E-state index contributed by atoms with van der Waals surface area (Å²) in [5, 5.41) is 0. The van der Waals surface area contributed by atoms with Gasteiger partial charge in [-0.1, -0.05) is 19.1 Å². The van der Waals surface area contributed by atoms with E-state index in [4.69, 9.17) is 18.0 Å². The van der Waals surface area contributed by atoms with Crippen LogP contribution in [0.1, 0.15) is 46.0 Å². The average molecular weight is 214 g/mol. The fourth-order valence-corrected chi connectivity index (χ4v) is 2.55. The number of nitrogens with zero attached hydrogens (tertiary/aromatic N) is 1. The van der Waals surface area contributed by atoms with Gasteiger partial charge in [-0.05, 0) is 45.6 Å². The van der Waals surface area contributed by atoms with E-state index in [-0.39, 0.29) is 0 Å². The Labute approximate surface area is 92.8 Å². The first-order valence-corrected chi connectivity index (χ1v) is 6.10. The van der Waals surface area contributed by atoms with Crippen molar-refractivity contribution in [3.8, 4) is 0 Å². The van der Waals surface area contributed by atoms with Crippen LogP contribution in [0, 0.1) is 0 Å². The van der Waals surface area contributed by atoms with Crippen molar-refractivity contribution in [3.63, 3.8) is 0 Å². The fraction of sp³-hybridized carbons (Fsp3) is 0.909. The van der Waals surface area contributed by atoms with Gasteiger partial charge in [0.05, 0.1) is 4.99 Å². The zero-order chi connectivity index (χ0) is 10.6. The summed E-state index contributed by atoms with van der Waals surface area (Å²) in [6.45, 7) is 5.77. The Bertz CT molecular complexity index is 194. The standard InChI is InChI=1S/C11H22N2S/c1-3-10-7-6-9(2)13(10)8-4-5-11(12)14/h9-10H,3-8H2,1-2H3,(H2,12,14). The molecule has 2 N–H and O–H groups in total. The highest BCUT2D eigenvalue weighted by Crippen LogP contribution is 2.25. The Hall–Kier alpha value is -0.150. The number of likely N-dealkylation sites (tertiary alicyclic amines) is 1. The van der Waals surface area contributed by atoms with Gasteiger partial charge in [-0.2, -0.15) is 0 Å². The van der Waals surface area contributed by atoms with Crippen LogP contribution in [0.2, 0.25) is 0 Å². The molecule has 0 spiro atoms. The van der Waals surface area contributed by atoms with E-state index in [2.05, 4.69) is 18.7 Å². The molecule has 1 aliphatic heterocycles. The van der Waals surface area contributed by atoms with E-state index in [1.807, 2.05) is 0 Å². The Balaban J connectivity index is 2.30. The van der Waals surface area contributed by atoms with Gasteiger partial charge in [0.1, 0.15) is 0 Å². The van der Waals surface area contributed by atoms with Crippen LogP contribution in [-0.2, 0) is 0 Å². The first-order valence-electron chi connectivity index (χ1n) is 5.69. The molecule has 1 aliphatic rings. The molecule has 2 atom stereocenters. The normalized spacial score (nSPS) is 28.1. The number of thiocarbonyl (C=S) groups is 1. The third kappa shape index (κ3) is 3.21. The monoisotopic (exact) mass is 214 g/mol. The molecule has 82 valence electrons. The van der Waals surface area contributed by atoms with E-state index in [0.29, 0.717) is 4.99 Å². The van der Waals surface area contributed by atoms with Gasteiger partial charge in [0.25, 0.3) is 0 Å². The zero-order valence-electron chi connectivity index (χ0n) is 9.33. The van der Waals surface area contributed by atoms with Crippen LogP contribution >= 0.6 is 12.2 Å². The Kier molecular flexibility index (Phi) is 4.82. The quantitative estimate of drug-likeness (QED) is 0.712. The lowest BCUT2D eigenvalue weighted by atomic mass is 10.1. The van der Waals surface area contributed by atoms with Crippen LogP contribution in [0.4, 0.5) is 0 Å². The maximum Gasteiger partial charge on any atom is 0.0727 e. The Morgan fingerprint density at radius 2 is 2.21 bits per heavy atom. The number of hydrogen-bond donors (Lipinski definition) is 1. The number of rotatable bonds is 5. The molecule has 0 bridgehead atoms. The Morgan fingerprint density at radius 1 is 1.50 bits per heavy atom. The maximum atomic E-state index is 5.49. The molecule has 0 amide bonds. The van der Waals surface area contributed by atoms with Crippen LogP contribution in [-0.4, -0.2) is 28.5 Å². The molecule has 0 radical (unpaired) electrons. The van der Waals surface area contributed by atoms with Crippen LogP contribution in [0.3, 0.4) is 0 Å². The summed E-state index contributed by atoms with van der Waals surface area (Å²) in [6, 6.07) is 1.56. The molecule has 1 fully saturated rings. The van der Waals surface area contributed by atoms with E-state index in [1.54, 1.807) is 0 Å². The van der Waals surface area contributed by atoms with Crippen molar-refractivity contribution in [2.45, 2.75) is 58.0 Å². The lowest BCUT2D eigenvalue weighted by molar-refractivity contribution is 0.197. The van der Waals surface area contributed by atoms with Crippen molar-refractivity contribution in [1.29, 1.82) is 0 Å². The molecule has 1 heterocycles. The lowest BCUT2D eigenvalue weighted by Crippen LogP contribution is -2.35. The van der Waals surface area contributed by atoms with Crippen LogP contribution < -0.4 is 5.73 Å². The van der Waals surface area contributed by atoms with E-state index >= 15 is 0 Å². The van der Waals surface area contributed by atoms with Crippen molar-refractivity contribution < 1.29 is 0 Å². The lowest BCUT2D eigenvalue weighted by Gasteiger charge is -2.27. The average Bonchev–Trinajstić information content (AvgIpc) is 2.47. The number of nitrogens with two attached hydrogens (primary N) is 1. The largest absolute Gasteiger partial charge is 0.393 e. The second-order valence-electron chi connectivity index (χ2n) is 4.30. The summed E-state index contributed by atoms with van der Waals surface area (Å²) in [7, 11) is 0. The molecular formula is C11H22N2S. The van der Waals surface area contributed by atoms with Gasteiger partial charge < -0.3 is 5.73 Å². The van der Waals surface area contributed by atoms with Gasteiger partial charge in [-0.3, -0.25) is 4.90 Å². The minimum absolute atomic E-state index is 0.657. The van der Waals surface area contributed by atoms with Crippen LogP contribution in [0.25, 0.3) is 0 Å². The summed E-state index contributed by atoms with van der Waals surface area (Å²) in [5.74, 6) is 0. The smallest absolute Gasteiger partial charge is 0.0727 e. The van der Waals surface area contributed by atoms with Gasteiger partial charge in [-0.15, -0.1) is 0 Å². The van der Waals surface area contributed by atoms with E-state index in [0.717, 1.165) is 31.5 Å². The highest BCUT2D eigenvalue weighted by Gasteiger charge is 2.28. The van der Waals surface area contributed by atoms with Gasteiger partial charge in [0, 0.05) is 12.1 Å². The first-order chi connectivity index (χ1) is 6.65. The second kappa shape index (κ2) is 5.66. The Morgan fingerprint density at radius 3 is 2.79 bits per heavy atom. The summed E-state index contributed by atoms with van der Waals surface area (Å²) >= 11 is 4.88. The molecule has 2 nitrogen and oxygen atoms in total. The first kappa shape index (κ1) is 11.9. The molecule has 0 aliphatic carbocycles. The van der Waals surface area contributed by atoms with Gasteiger partial charge >= 0.3 is 0 Å². The summed E-state index contributed by atoms with van der Waals surface area (Å²) in [4.78, 5) is 3.28. The van der Waals surface area contributed by atoms with Crippen molar-refractivity contribution in [2.75, 3.05) is 6.54 Å². The molecule has 1 saturated heterocycles. The van der Waals surface area contributed by atoms with E-state index in [1.165, 1.54) is 19.3 Å². The van der Waals surface area contributed by atoms with Crippen LogP contribution in [0.5, 0.6) is 0 Å². The molecule has 0 saturated carbocycles. The predicted molar refractivity (Wildman–Crippen MR) is 65.5 cm³/mol. The van der Waals surface area contributed by atoms with E-state index in [9.17, 15) is 0 Å². The van der Waals surface area contributed by atoms with Crippen molar-refractivity contribution >= 4 is 17.2 Å². The maximum absolute atomic E-state index is 5.49. The zero-order valence-corrected chi connectivity index (χ0v) is 10.1. The van der Waals surface area contributed by atoms with Gasteiger partial charge in [0.2, 0.25) is 0 Å². The third-order valence-corrected chi connectivity index (χ3v) is 3.47. The fourth-order valence-electron chi connectivity index (χ4n) is 2.40. The van der Waals surface area contributed by atoms with Crippen molar-refractivity contribution in [1.82, 2.24) is 4.90 Å². The van der Waals surface area contributed by atoms with Crippen LogP contribution in [0.15, 0.2) is 0 Å². The highest BCUT2D eigenvalue weighted by molar-refractivity contribution is 7.80. The van der Waals surface area contributed by atoms with Crippen molar-refractivity contribution in [3.05, 3.63) is 0 Å². The molecule has 0 aromatic heterocycles. The van der Waals surface area contributed by atoms with E-state index < -0.39 is 0 Å². The van der Waals surface area contributed by atoms with Gasteiger partial charge in [0.15, 0.2) is 0 Å². The SMILES string of the molecule is CCC1CCC(C)N1CCCC(N)=S. The molecule has 2 unspecified atom stereocenters. The van der Waals surface area contributed by atoms with Gasteiger partial charge in [-0.25, -0.2) is 0 Å². The second-order valence-corrected chi connectivity index (χ2v) is 4.82. The topological polar surface area (TPSA) is 29.3 Å². The minimum atomic E-state index is 0.657. The highest BCUT2D eigenvalue weighted by atomic mass is 32.1. The summed E-state index contributed by atoms with van der Waals surface area (Å²) in [5.41, 5.74) is 5.49. The third-order valence-electron chi connectivity index (χ3n) is 3.26.